The first-order valence-electron chi connectivity index (χ1n) is 10.3. The molecule has 4 N–H and O–H groups in total. The lowest BCUT2D eigenvalue weighted by atomic mass is 9.91. The average molecular weight is 524 g/mol. The molecule has 2 heterocycles. The minimum absolute atomic E-state index is 0.0712. The number of alkyl halides is 6. The van der Waals surface area contributed by atoms with Crippen molar-refractivity contribution in [3.05, 3.63) is 53.5 Å². The molecule has 0 aliphatic carbocycles. The number of carbonyl (C=O) groups is 2. The van der Waals surface area contributed by atoms with Crippen LogP contribution in [0.5, 0.6) is 5.88 Å². The van der Waals surface area contributed by atoms with Crippen LogP contribution in [-0.2, 0) is 17.9 Å². The zero-order chi connectivity index (χ0) is 27.1. The Morgan fingerprint density at radius 1 is 1.14 bits per heavy atom. The van der Waals surface area contributed by atoms with Crippen LogP contribution in [0.1, 0.15) is 34.5 Å². The largest absolute Gasteiger partial charge is 0.490 e. The van der Waals surface area contributed by atoms with Crippen molar-refractivity contribution < 1.29 is 50.9 Å². The number of aromatic nitrogens is 2. The Labute approximate surface area is 200 Å². The van der Waals surface area contributed by atoms with E-state index in [1.54, 1.807) is 24.3 Å². The lowest BCUT2D eigenvalue weighted by Gasteiger charge is -2.40. The van der Waals surface area contributed by atoms with Gasteiger partial charge in [0.25, 0.3) is 5.91 Å². The van der Waals surface area contributed by atoms with Crippen LogP contribution in [0.2, 0.25) is 0 Å². The van der Waals surface area contributed by atoms with Gasteiger partial charge in [-0.1, -0.05) is 12.1 Å². The third-order valence-corrected chi connectivity index (χ3v) is 5.00. The monoisotopic (exact) mass is 524 g/mol. The molecule has 1 aromatic heterocycles. The normalized spacial score (nSPS) is 18.2. The minimum atomic E-state index is -5.08. The van der Waals surface area contributed by atoms with Gasteiger partial charge in [-0.3, -0.25) is 4.79 Å². The molecule has 36 heavy (non-hydrogen) atoms. The van der Waals surface area contributed by atoms with Crippen molar-refractivity contribution in [2.24, 2.45) is 5.73 Å². The van der Waals surface area contributed by atoms with Gasteiger partial charge in [-0.25, -0.2) is 14.8 Å². The number of aliphatic hydroxyl groups is 1. The predicted octanol–water partition coefficient (Wildman–Crippen LogP) is 2.68. The number of hydrogen-bond donors (Lipinski definition) is 3. The third kappa shape index (κ3) is 7.78. The number of amides is 1. The van der Waals surface area contributed by atoms with E-state index in [-0.39, 0.29) is 31.7 Å². The van der Waals surface area contributed by atoms with Gasteiger partial charge in [0.2, 0.25) is 5.88 Å². The molecule has 1 amide bonds. The van der Waals surface area contributed by atoms with Crippen molar-refractivity contribution in [2.75, 3.05) is 13.1 Å². The van der Waals surface area contributed by atoms with Gasteiger partial charge in [0, 0.05) is 24.7 Å². The van der Waals surface area contributed by atoms with Gasteiger partial charge in [-0.2, -0.15) is 26.3 Å². The van der Waals surface area contributed by atoms with Crippen LogP contribution < -0.4 is 10.5 Å². The Hall–Kier alpha value is -3.46. The van der Waals surface area contributed by atoms with E-state index in [0.717, 1.165) is 4.90 Å². The first-order chi connectivity index (χ1) is 16.7. The maximum atomic E-state index is 13.1. The standard InChI is InChI=1S/C19H21F3N4O3.C2HF3O2/c20-19(21,22)18(28)5-2-6-26(11-18)17(27)14-4-1-3-13(7-14)10-29-16-8-15(9-23)24-12-25-16;3-2(4,5)1(6)7/h1,3-4,7-8,12,28H,2,5-6,9-11,23H2;(H,6,7). The number of hydrogen-bond acceptors (Lipinski definition) is 7. The molecule has 3 rings (SSSR count). The molecule has 9 nitrogen and oxygen atoms in total. The molecular formula is C21H22F6N4O5. The van der Waals surface area contributed by atoms with E-state index >= 15 is 0 Å². The van der Waals surface area contributed by atoms with Crippen molar-refractivity contribution in [1.82, 2.24) is 14.9 Å². The van der Waals surface area contributed by atoms with Crippen molar-refractivity contribution >= 4 is 11.9 Å². The number of aliphatic carboxylic acids is 1. The molecule has 198 valence electrons. The number of carboxylic acids is 1. The lowest BCUT2D eigenvalue weighted by Crippen LogP contribution is -2.58. The maximum Gasteiger partial charge on any atom is 0.490 e. The number of likely N-dealkylation sites (tertiary alicyclic amines) is 1. The zero-order valence-corrected chi connectivity index (χ0v) is 18.5. The van der Waals surface area contributed by atoms with E-state index in [4.69, 9.17) is 20.4 Å². The smallest absolute Gasteiger partial charge is 0.475 e. The average Bonchev–Trinajstić information content (AvgIpc) is 2.82. The molecule has 1 fully saturated rings. The van der Waals surface area contributed by atoms with E-state index in [9.17, 15) is 36.2 Å². The fourth-order valence-electron chi connectivity index (χ4n) is 3.14. The Balaban J connectivity index is 0.000000572. The predicted molar refractivity (Wildman–Crippen MR) is 111 cm³/mol. The highest BCUT2D eigenvalue weighted by Gasteiger charge is 2.56. The summed E-state index contributed by atoms with van der Waals surface area (Å²) in [5.74, 6) is -3.00. The molecule has 1 aromatic carbocycles. The number of β-amino-alcohol motifs (C(OH)–C–C–N with tert-alkyl or cyclic N) is 1. The highest BCUT2D eigenvalue weighted by Crippen LogP contribution is 2.37. The summed E-state index contributed by atoms with van der Waals surface area (Å²) >= 11 is 0. The summed E-state index contributed by atoms with van der Waals surface area (Å²) in [4.78, 5) is 30.6. The Morgan fingerprint density at radius 2 is 1.81 bits per heavy atom. The topological polar surface area (TPSA) is 139 Å². The number of nitrogens with zero attached hydrogens (tertiary/aromatic N) is 3. The Kier molecular flexibility index (Phi) is 9.21. The summed E-state index contributed by atoms with van der Waals surface area (Å²) in [6.45, 7) is -0.281. The van der Waals surface area contributed by atoms with E-state index in [1.807, 2.05) is 0 Å². The number of rotatable bonds is 5. The third-order valence-electron chi connectivity index (χ3n) is 5.00. The highest BCUT2D eigenvalue weighted by molar-refractivity contribution is 5.94. The molecular weight excluding hydrogens is 502 g/mol. The number of nitrogens with two attached hydrogens (primary N) is 1. The summed E-state index contributed by atoms with van der Waals surface area (Å²) in [5, 5.41) is 17.0. The van der Waals surface area contributed by atoms with Gasteiger partial charge in [0.15, 0.2) is 5.60 Å². The van der Waals surface area contributed by atoms with Gasteiger partial charge in [-0.15, -0.1) is 0 Å². The van der Waals surface area contributed by atoms with Crippen molar-refractivity contribution in [2.45, 2.75) is 43.9 Å². The molecule has 1 saturated heterocycles. The fourth-order valence-corrected chi connectivity index (χ4v) is 3.14. The van der Waals surface area contributed by atoms with Gasteiger partial charge in [-0.05, 0) is 30.5 Å². The second-order valence-electron chi connectivity index (χ2n) is 7.70. The molecule has 0 radical (unpaired) electrons. The van der Waals surface area contributed by atoms with Gasteiger partial charge < -0.3 is 25.6 Å². The van der Waals surface area contributed by atoms with Crippen LogP contribution in [0.25, 0.3) is 0 Å². The first-order valence-corrected chi connectivity index (χ1v) is 10.3. The zero-order valence-electron chi connectivity index (χ0n) is 18.5. The summed E-state index contributed by atoms with van der Waals surface area (Å²) in [6, 6.07) is 8.01. The van der Waals surface area contributed by atoms with Crippen molar-refractivity contribution in [3.8, 4) is 5.88 Å². The van der Waals surface area contributed by atoms with Crippen LogP contribution in [0.15, 0.2) is 36.7 Å². The highest BCUT2D eigenvalue weighted by atomic mass is 19.4. The molecule has 2 aromatic rings. The quantitative estimate of drug-likeness (QED) is 0.508. The van der Waals surface area contributed by atoms with Gasteiger partial charge in [0.05, 0.1) is 12.2 Å². The molecule has 1 aliphatic rings. The summed E-state index contributed by atoms with van der Waals surface area (Å²) < 4.78 is 76.7. The summed E-state index contributed by atoms with van der Waals surface area (Å²) in [7, 11) is 0. The first kappa shape index (κ1) is 28.8. The number of halogens is 6. The molecule has 0 saturated carbocycles. The van der Waals surface area contributed by atoms with Crippen LogP contribution in [0.3, 0.4) is 0 Å². The van der Waals surface area contributed by atoms with Crippen LogP contribution in [0.4, 0.5) is 26.3 Å². The molecule has 0 bridgehead atoms. The molecule has 1 aliphatic heterocycles. The SMILES string of the molecule is NCc1cc(OCc2cccc(C(=O)N3CCCC(O)(C(F)(F)F)C3)c2)ncn1.O=C(O)C(F)(F)F. The summed E-state index contributed by atoms with van der Waals surface area (Å²) in [5.41, 5.74) is 4.12. The van der Waals surface area contributed by atoms with Crippen LogP contribution in [0, 0.1) is 0 Å². The van der Waals surface area contributed by atoms with Crippen LogP contribution in [-0.4, -0.2) is 68.0 Å². The number of benzene rings is 1. The summed E-state index contributed by atoms with van der Waals surface area (Å²) in [6.07, 6.45) is -8.89. The number of piperidine rings is 1. The number of carbonyl (C=O) groups excluding carboxylic acids is 1. The Morgan fingerprint density at radius 3 is 2.39 bits per heavy atom. The molecule has 15 heteroatoms. The second-order valence-corrected chi connectivity index (χ2v) is 7.70. The van der Waals surface area contributed by atoms with E-state index in [1.165, 1.54) is 12.4 Å². The molecule has 0 spiro atoms. The van der Waals surface area contributed by atoms with E-state index < -0.39 is 42.8 Å². The van der Waals surface area contributed by atoms with Crippen LogP contribution >= 0.6 is 0 Å². The fraction of sp³-hybridized carbons (Fsp3) is 0.429. The minimum Gasteiger partial charge on any atom is -0.475 e. The van der Waals surface area contributed by atoms with Crippen molar-refractivity contribution in [1.29, 1.82) is 0 Å². The number of ether oxygens (including phenoxy) is 1. The number of carboxylic acid groups (broad SMARTS) is 1. The second kappa shape index (κ2) is 11.5. The Bertz CT molecular complexity index is 1070. The lowest BCUT2D eigenvalue weighted by molar-refractivity contribution is -0.271. The van der Waals surface area contributed by atoms with E-state index in [2.05, 4.69) is 9.97 Å². The maximum absolute atomic E-state index is 13.1. The van der Waals surface area contributed by atoms with Crippen molar-refractivity contribution in [3.63, 3.8) is 0 Å². The molecule has 1 unspecified atom stereocenters. The van der Waals surface area contributed by atoms with Gasteiger partial charge in [0.1, 0.15) is 12.9 Å². The van der Waals surface area contributed by atoms with Gasteiger partial charge >= 0.3 is 18.3 Å². The van der Waals surface area contributed by atoms with E-state index in [0.29, 0.717) is 17.1 Å². The molecule has 1 atom stereocenters.